The topological polar surface area (TPSA) is 93.1 Å². The number of nitrogens with zero attached hydrogens (tertiary/aromatic N) is 1. The minimum Gasteiger partial charge on any atom is -0.484 e. The molecule has 1 amide bonds. The van der Waals surface area contributed by atoms with Crippen LogP contribution in [0.25, 0.3) is 0 Å². The van der Waals surface area contributed by atoms with Gasteiger partial charge in [0.1, 0.15) is 16.4 Å². The SMILES string of the molecule is O=C(COc1ccc(CO)cc1)N1CCC(S(=O)(=O)C2=CC=CCC=C2OC(F)(F)F)C1. The third-order valence-electron chi connectivity index (χ3n) is 5.00. The highest BCUT2D eigenvalue weighted by Gasteiger charge is 2.41. The van der Waals surface area contributed by atoms with E-state index in [1.807, 2.05) is 0 Å². The molecule has 1 saturated heterocycles. The zero-order chi connectivity index (χ0) is 23.4. The third kappa shape index (κ3) is 5.92. The summed E-state index contributed by atoms with van der Waals surface area (Å²) in [5.74, 6) is -0.790. The molecule has 1 aromatic carbocycles. The average molecular weight is 473 g/mol. The molecule has 11 heteroatoms. The van der Waals surface area contributed by atoms with Gasteiger partial charge in [-0.15, -0.1) is 13.2 Å². The molecule has 7 nitrogen and oxygen atoms in total. The van der Waals surface area contributed by atoms with Crippen molar-refractivity contribution in [1.29, 1.82) is 0 Å². The Morgan fingerprint density at radius 1 is 1.22 bits per heavy atom. The number of allylic oxidation sites excluding steroid dienone is 4. The van der Waals surface area contributed by atoms with Crippen LogP contribution in [0.4, 0.5) is 13.2 Å². The van der Waals surface area contributed by atoms with Crippen LogP contribution in [0.5, 0.6) is 5.75 Å². The number of sulfone groups is 1. The van der Waals surface area contributed by atoms with Gasteiger partial charge in [-0.1, -0.05) is 24.3 Å². The first-order chi connectivity index (χ1) is 15.1. The van der Waals surface area contributed by atoms with Gasteiger partial charge in [0, 0.05) is 13.1 Å². The number of ether oxygens (including phenoxy) is 2. The number of carbonyl (C=O) groups is 1. The Morgan fingerprint density at radius 2 is 1.94 bits per heavy atom. The number of aliphatic hydroxyl groups is 1. The molecule has 32 heavy (non-hydrogen) atoms. The van der Waals surface area contributed by atoms with Crippen LogP contribution in [0, 0.1) is 0 Å². The van der Waals surface area contributed by atoms with Gasteiger partial charge in [0.15, 0.2) is 16.4 Å². The summed E-state index contributed by atoms with van der Waals surface area (Å²) in [5, 5.41) is 7.98. The van der Waals surface area contributed by atoms with E-state index in [9.17, 15) is 26.4 Å². The van der Waals surface area contributed by atoms with E-state index in [0.29, 0.717) is 11.3 Å². The van der Waals surface area contributed by atoms with Crippen molar-refractivity contribution in [2.75, 3.05) is 19.7 Å². The number of rotatable bonds is 7. The Morgan fingerprint density at radius 3 is 2.59 bits per heavy atom. The molecule has 1 unspecified atom stereocenters. The van der Waals surface area contributed by atoms with E-state index >= 15 is 0 Å². The number of benzene rings is 1. The van der Waals surface area contributed by atoms with Gasteiger partial charge in [-0.05, 0) is 42.7 Å². The predicted molar refractivity (Wildman–Crippen MR) is 109 cm³/mol. The fourth-order valence-electron chi connectivity index (χ4n) is 3.36. The molecule has 1 fully saturated rings. The van der Waals surface area contributed by atoms with Gasteiger partial charge in [-0.25, -0.2) is 8.42 Å². The molecular weight excluding hydrogens is 451 g/mol. The summed E-state index contributed by atoms with van der Waals surface area (Å²) in [6.45, 7) is -0.467. The van der Waals surface area contributed by atoms with Crippen molar-refractivity contribution in [1.82, 2.24) is 4.90 Å². The summed E-state index contributed by atoms with van der Waals surface area (Å²) in [7, 11) is -4.19. The molecule has 1 aromatic rings. The third-order valence-corrected chi connectivity index (χ3v) is 7.22. The molecule has 3 rings (SSSR count). The molecule has 0 spiro atoms. The zero-order valence-corrected chi connectivity index (χ0v) is 17.7. The molecule has 0 saturated carbocycles. The fraction of sp³-hybridized carbons (Fsp3) is 0.381. The molecule has 1 N–H and O–H groups in total. The smallest absolute Gasteiger partial charge is 0.484 e. The maximum Gasteiger partial charge on any atom is 0.573 e. The standard InChI is InChI=1S/C21H22F3NO6S/c22-21(23,24)31-18-4-2-1-3-5-19(18)32(28,29)17-10-11-25(12-17)20(27)14-30-16-8-6-15(13-26)7-9-16/h1,3-9,17,26H,2,10-14H2. The number of halogens is 3. The first kappa shape index (κ1) is 23.9. The second kappa shape index (κ2) is 9.78. The number of carbonyl (C=O) groups excluding carboxylic acids is 1. The van der Waals surface area contributed by atoms with Gasteiger partial charge in [0.05, 0.1) is 11.9 Å². The largest absolute Gasteiger partial charge is 0.573 e. The second-order valence-electron chi connectivity index (χ2n) is 7.20. The number of alkyl halides is 3. The number of hydrogen-bond acceptors (Lipinski definition) is 6. The highest BCUT2D eigenvalue weighted by atomic mass is 32.2. The van der Waals surface area contributed by atoms with Crippen molar-refractivity contribution in [3.05, 3.63) is 64.8 Å². The molecule has 1 heterocycles. The molecule has 1 aliphatic heterocycles. The number of likely N-dealkylation sites (tertiary alicyclic amines) is 1. The summed E-state index contributed by atoms with van der Waals surface area (Å²) in [6.07, 6.45) is 0.167. The average Bonchev–Trinajstić information content (AvgIpc) is 3.14. The molecule has 1 atom stereocenters. The quantitative estimate of drug-likeness (QED) is 0.655. The van der Waals surface area contributed by atoms with Gasteiger partial charge < -0.3 is 19.5 Å². The Labute approximate surface area is 183 Å². The van der Waals surface area contributed by atoms with Gasteiger partial charge in [0.2, 0.25) is 0 Å². The Balaban J connectivity index is 1.65. The summed E-state index contributed by atoms with van der Waals surface area (Å²) >= 11 is 0. The van der Waals surface area contributed by atoms with Crippen molar-refractivity contribution in [3.8, 4) is 5.75 Å². The number of hydrogen-bond donors (Lipinski definition) is 1. The van der Waals surface area contributed by atoms with E-state index in [2.05, 4.69) is 4.74 Å². The molecule has 0 bridgehead atoms. The normalized spacial score (nSPS) is 19.2. The van der Waals surface area contributed by atoms with Crippen molar-refractivity contribution in [2.45, 2.75) is 31.1 Å². The molecule has 2 aliphatic rings. The first-order valence-corrected chi connectivity index (χ1v) is 11.3. The predicted octanol–water partition coefficient (Wildman–Crippen LogP) is 2.84. The number of amides is 1. The lowest BCUT2D eigenvalue weighted by molar-refractivity contribution is -0.303. The Hall–Kier alpha value is -2.79. The lowest BCUT2D eigenvalue weighted by Gasteiger charge is -2.20. The van der Waals surface area contributed by atoms with E-state index in [1.54, 1.807) is 24.3 Å². The van der Waals surface area contributed by atoms with Crippen LogP contribution in [0.3, 0.4) is 0 Å². The molecule has 0 radical (unpaired) electrons. The van der Waals surface area contributed by atoms with E-state index in [-0.39, 0.29) is 39.1 Å². The lowest BCUT2D eigenvalue weighted by atomic mass is 10.2. The van der Waals surface area contributed by atoms with Crippen LogP contribution >= 0.6 is 0 Å². The molecule has 174 valence electrons. The van der Waals surface area contributed by atoms with Crippen LogP contribution in [0.15, 0.2) is 59.2 Å². The highest BCUT2D eigenvalue weighted by molar-refractivity contribution is 7.96. The number of aliphatic hydroxyl groups excluding tert-OH is 1. The van der Waals surface area contributed by atoms with Crippen LogP contribution in [-0.4, -0.2) is 55.6 Å². The van der Waals surface area contributed by atoms with E-state index in [4.69, 9.17) is 9.84 Å². The molecule has 1 aliphatic carbocycles. The minimum absolute atomic E-state index is 0.0830. The van der Waals surface area contributed by atoms with Gasteiger partial charge in [-0.2, -0.15) is 0 Å². The van der Waals surface area contributed by atoms with Crippen molar-refractivity contribution in [3.63, 3.8) is 0 Å². The maximum atomic E-state index is 13.1. The van der Waals surface area contributed by atoms with E-state index < -0.39 is 38.0 Å². The van der Waals surface area contributed by atoms with Gasteiger partial charge in [-0.3, -0.25) is 4.79 Å². The van der Waals surface area contributed by atoms with Crippen molar-refractivity contribution < 1.29 is 41.0 Å². The zero-order valence-electron chi connectivity index (χ0n) is 16.9. The molecule has 0 aromatic heterocycles. The van der Waals surface area contributed by atoms with Crippen LogP contribution in [-0.2, 0) is 26.0 Å². The first-order valence-electron chi connectivity index (χ1n) is 9.77. The monoisotopic (exact) mass is 473 g/mol. The summed E-state index contributed by atoms with van der Waals surface area (Å²) < 4.78 is 73.8. The van der Waals surface area contributed by atoms with E-state index in [0.717, 1.165) is 12.2 Å². The summed E-state index contributed by atoms with van der Waals surface area (Å²) in [4.78, 5) is 13.2. The Bertz CT molecular complexity index is 1030. The minimum atomic E-state index is -5.03. The van der Waals surface area contributed by atoms with Crippen LogP contribution < -0.4 is 4.74 Å². The highest BCUT2D eigenvalue weighted by Crippen LogP contribution is 2.33. The summed E-state index contributed by atoms with van der Waals surface area (Å²) in [6, 6.07) is 6.47. The van der Waals surface area contributed by atoms with Gasteiger partial charge >= 0.3 is 6.36 Å². The van der Waals surface area contributed by atoms with Crippen molar-refractivity contribution in [2.24, 2.45) is 0 Å². The van der Waals surface area contributed by atoms with Crippen LogP contribution in [0.1, 0.15) is 18.4 Å². The van der Waals surface area contributed by atoms with Gasteiger partial charge in [0.25, 0.3) is 5.91 Å². The lowest BCUT2D eigenvalue weighted by Crippen LogP contribution is -2.35. The molecular formula is C21H22F3NO6S. The Kier molecular flexibility index (Phi) is 7.29. The second-order valence-corrected chi connectivity index (χ2v) is 9.39. The van der Waals surface area contributed by atoms with Crippen molar-refractivity contribution >= 4 is 15.7 Å². The summed E-state index contributed by atoms with van der Waals surface area (Å²) in [5.41, 5.74) is 0.682. The van der Waals surface area contributed by atoms with Crippen LogP contribution in [0.2, 0.25) is 0 Å². The van der Waals surface area contributed by atoms with E-state index in [1.165, 1.54) is 17.1 Å². The maximum absolute atomic E-state index is 13.1. The fourth-order valence-corrected chi connectivity index (χ4v) is 5.18.